The summed E-state index contributed by atoms with van der Waals surface area (Å²) in [5.41, 5.74) is 3.01. The minimum atomic E-state index is -5.38. The molecule has 0 saturated heterocycles. The predicted octanol–water partition coefficient (Wildman–Crippen LogP) is 5.76. The fraction of sp³-hybridized carbons (Fsp3) is 0.278. The Bertz CT molecular complexity index is 2110. The van der Waals surface area contributed by atoms with Gasteiger partial charge in [0.1, 0.15) is 17.3 Å². The van der Waals surface area contributed by atoms with E-state index in [1.54, 1.807) is 32.2 Å². The largest absolute Gasteiger partial charge is 0.491 e. The molecule has 15 heteroatoms. The molecule has 5 N–H and O–H groups in total. The van der Waals surface area contributed by atoms with Gasteiger partial charge in [0.15, 0.2) is 5.82 Å². The Hall–Kier alpha value is -5.70. The number of nitrogens with one attached hydrogen (secondary N) is 2. The Kier molecular flexibility index (Phi) is 9.58. The monoisotopic (exact) mass is 703 g/mol. The number of rotatable bonds is 12. The number of alkyl halides is 3. The Morgan fingerprint density at radius 3 is 2.41 bits per heavy atom. The van der Waals surface area contributed by atoms with Crippen LogP contribution in [0.2, 0.25) is 0 Å². The van der Waals surface area contributed by atoms with Gasteiger partial charge in [-0.05, 0) is 92.9 Å². The van der Waals surface area contributed by atoms with Crippen LogP contribution < -0.4 is 21.1 Å². The van der Waals surface area contributed by atoms with E-state index in [0.717, 1.165) is 42.3 Å². The van der Waals surface area contributed by atoms with Crippen molar-refractivity contribution in [1.82, 2.24) is 25.5 Å². The van der Waals surface area contributed by atoms with Crippen LogP contribution in [0.4, 0.5) is 29.1 Å². The lowest BCUT2D eigenvalue weighted by molar-refractivity contribution is -0.265. The second-order valence-electron chi connectivity index (χ2n) is 12.3. The first kappa shape index (κ1) is 35.1. The Morgan fingerprint density at radius 2 is 1.78 bits per heavy atom. The van der Waals surface area contributed by atoms with Crippen LogP contribution in [-0.4, -0.2) is 56.4 Å². The number of aliphatic hydroxyl groups is 1. The number of nitrogens with two attached hydrogens (primary N) is 1. The first-order chi connectivity index (χ1) is 24.3. The molecule has 264 valence electrons. The predicted molar refractivity (Wildman–Crippen MR) is 180 cm³/mol. The molecule has 0 aliphatic heterocycles. The highest BCUT2D eigenvalue weighted by Gasteiger charge is 2.56. The number of benzene rings is 2. The van der Waals surface area contributed by atoms with E-state index in [-0.39, 0.29) is 34.7 Å². The maximum absolute atomic E-state index is 14.9. The fourth-order valence-corrected chi connectivity index (χ4v) is 5.60. The number of halogens is 4. The van der Waals surface area contributed by atoms with Crippen molar-refractivity contribution in [2.24, 2.45) is 5.73 Å². The maximum Gasteiger partial charge on any atom is 0.424 e. The van der Waals surface area contributed by atoms with E-state index < -0.39 is 48.1 Å². The van der Waals surface area contributed by atoms with Crippen LogP contribution in [0.3, 0.4) is 0 Å². The molecule has 1 aliphatic carbocycles. The Labute approximate surface area is 289 Å². The number of nitrogens with zero attached hydrogens (tertiary/aromatic N) is 4. The Morgan fingerprint density at radius 1 is 1.04 bits per heavy atom. The quantitative estimate of drug-likeness (QED) is 0.118. The summed E-state index contributed by atoms with van der Waals surface area (Å²) in [6.45, 7) is 2.09. The number of carbonyl (C=O) groups is 2. The number of anilines is 2. The molecule has 51 heavy (non-hydrogen) atoms. The third kappa shape index (κ3) is 7.57. The molecule has 6 rings (SSSR count). The fourth-order valence-electron chi connectivity index (χ4n) is 5.60. The standard InChI is InChI=1S/C36H33F4N7O4/c1-3-51-33-23(16-29(41)48)15-28(45-32(33)21-6-8-25(37)9-7-21)35(50,36(38,39)40)18-43-34(49)24-13-22-12-19(2)17-42-31(22)27(14-24)44-30-11-10-26(46-47-30)20-4-5-20/h6-15,17,20,50H,3-5,16,18H2,1-2H3,(H2,41,48)(H,43,49)(H,44,47)/t35-/m0/s1. The van der Waals surface area contributed by atoms with Gasteiger partial charge in [-0.3, -0.25) is 14.6 Å². The topological polar surface area (TPSA) is 165 Å². The average molecular weight is 704 g/mol. The third-order valence-corrected chi connectivity index (χ3v) is 8.34. The van der Waals surface area contributed by atoms with Gasteiger partial charge in [0.25, 0.3) is 5.91 Å². The van der Waals surface area contributed by atoms with Crippen molar-refractivity contribution in [3.05, 3.63) is 101 Å². The number of pyridine rings is 2. The van der Waals surface area contributed by atoms with Crippen molar-refractivity contribution in [1.29, 1.82) is 0 Å². The number of aromatic nitrogens is 4. The number of aryl methyl sites for hydroxylation is 1. The lowest BCUT2D eigenvalue weighted by Gasteiger charge is -2.31. The summed E-state index contributed by atoms with van der Waals surface area (Å²) in [4.78, 5) is 34.2. The zero-order valence-electron chi connectivity index (χ0n) is 27.5. The van der Waals surface area contributed by atoms with Crippen LogP contribution >= 0.6 is 0 Å². The lowest BCUT2D eigenvalue weighted by atomic mass is 9.93. The normalized spacial score (nSPS) is 14.2. The number of amides is 2. The highest BCUT2D eigenvalue weighted by Crippen LogP contribution is 2.42. The molecule has 11 nitrogen and oxygen atoms in total. The zero-order chi connectivity index (χ0) is 36.5. The first-order valence-electron chi connectivity index (χ1n) is 16.1. The number of fused-ring (bicyclic) bond motifs is 1. The van der Waals surface area contributed by atoms with Gasteiger partial charge in [0.2, 0.25) is 11.5 Å². The van der Waals surface area contributed by atoms with Gasteiger partial charge in [-0.25, -0.2) is 9.37 Å². The average Bonchev–Trinajstić information content (AvgIpc) is 3.93. The first-order valence-corrected chi connectivity index (χ1v) is 16.1. The van der Waals surface area contributed by atoms with Gasteiger partial charge in [-0.1, -0.05) is 0 Å². The van der Waals surface area contributed by atoms with E-state index in [9.17, 15) is 32.3 Å². The van der Waals surface area contributed by atoms with Crippen molar-refractivity contribution in [2.75, 3.05) is 18.5 Å². The summed E-state index contributed by atoms with van der Waals surface area (Å²) in [6.07, 6.45) is -2.21. The molecule has 1 atom stereocenters. The van der Waals surface area contributed by atoms with Gasteiger partial charge in [0.05, 0.1) is 42.2 Å². The van der Waals surface area contributed by atoms with Crippen LogP contribution in [0, 0.1) is 12.7 Å². The minimum Gasteiger partial charge on any atom is -0.491 e. The SMILES string of the molecule is CCOc1c(CC(N)=O)cc([C@@](O)(CNC(=O)c2cc(Nc3ccc(C4CC4)nn3)c3ncc(C)cc3c2)C(F)(F)F)nc1-c1ccc(F)cc1. The molecule has 2 amide bonds. The van der Waals surface area contributed by atoms with Crippen molar-refractivity contribution in [3.63, 3.8) is 0 Å². The molecular weight excluding hydrogens is 670 g/mol. The molecule has 0 bridgehead atoms. The summed E-state index contributed by atoms with van der Waals surface area (Å²) in [7, 11) is 0. The molecule has 0 spiro atoms. The highest BCUT2D eigenvalue weighted by atomic mass is 19.4. The second kappa shape index (κ2) is 13.9. The van der Waals surface area contributed by atoms with Crippen LogP contribution in [0.1, 0.15) is 58.6 Å². The lowest BCUT2D eigenvalue weighted by Crippen LogP contribution is -2.51. The van der Waals surface area contributed by atoms with Gasteiger partial charge in [-0.15, -0.1) is 5.10 Å². The van der Waals surface area contributed by atoms with Gasteiger partial charge < -0.3 is 26.2 Å². The molecule has 2 aromatic carbocycles. The summed E-state index contributed by atoms with van der Waals surface area (Å²) < 4.78 is 64.0. The number of ether oxygens (including phenoxy) is 1. The molecule has 5 aromatic rings. The number of carbonyl (C=O) groups excluding carboxylic acids is 2. The van der Waals surface area contributed by atoms with Crippen molar-refractivity contribution in [3.8, 4) is 17.0 Å². The molecule has 1 aliphatic rings. The number of hydrogen-bond donors (Lipinski definition) is 4. The summed E-state index contributed by atoms with van der Waals surface area (Å²) in [5.74, 6) is -1.75. The van der Waals surface area contributed by atoms with Crippen LogP contribution in [0.15, 0.2) is 66.9 Å². The molecule has 3 aromatic heterocycles. The van der Waals surface area contributed by atoms with Gasteiger partial charge >= 0.3 is 6.18 Å². The molecule has 0 radical (unpaired) electrons. The molecule has 1 saturated carbocycles. The van der Waals surface area contributed by atoms with Crippen LogP contribution in [0.5, 0.6) is 5.75 Å². The highest BCUT2D eigenvalue weighted by molar-refractivity contribution is 6.03. The Balaban J connectivity index is 1.36. The second-order valence-corrected chi connectivity index (χ2v) is 12.3. The number of primary amides is 1. The van der Waals surface area contributed by atoms with E-state index in [1.165, 1.54) is 24.3 Å². The molecule has 0 unspecified atom stereocenters. The zero-order valence-corrected chi connectivity index (χ0v) is 27.5. The van der Waals surface area contributed by atoms with Gasteiger partial charge in [0, 0.05) is 34.2 Å². The van der Waals surface area contributed by atoms with E-state index >= 15 is 0 Å². The van der Waals surface area contributed by atoms with Crippen molar-refractivity contribution in [2.45, 2.75) is 50.8 Å². The van der Waals surface area contributed by atoms with Crippen molar-refractivity contribution >= 4 is 34.2 Å². The third-order valence-electron chi connectivity index (χ3n) is 8.34. The smallest absolute Gasteiger partial charge is 0.424 e. The minimum absolute atomic E-state index is 0.0365. The van der Waals surface area contributed by atoms with E-state index in [1.807, 2.05) is 6.07 Å². The molecule has 3 heterocycles. The van der Waals surface area contributed by atoms with E-state index in [2.05, 4.69) is 30.8 Å². The van der Waals surface area contributed by atoms with E-state index in [4.69, 9.17) is 10.5 Å². The maximum atomic E-state index is 14.9. The summed E-state index contributed by atoms with van der Waals surface area (Å²) >= 11 is 0. The number of hydrogen-bond acceptors (Lipinski definition) is 9. The van der Waals surface area contributed by atoms with Crippen LogP contribution in [0.25, 0.3) is 22.2 Å². The van der Waals surface area contributed by atoms with Crippen LogP contribution in [-0.2, 0) is 16.8 Å². The summed E-state index contributed by atoms with van der Waals surface area (Å²) in [5, 5.41) is 25.7. The van der Waals surface area contributed by atoms with Gasteiger partial charge in [-0.2, -0.15) is 18.3 Å². The molecular formula is C36H33F4N7O4. The van der Waals surface area contributed by atoms with E-state index in [0.29, 0.717) is 28.3 Å². The van der Waals surface area contributed by atoms with Crippen molar-refractivity contribution < 1.29 is 37.0 Å². The summed E-state index contributed by atoms with van der Waals surface area (Å²) in [6, 6.07) is 13.8. The molecule has 1 fully saturated rings.